The molecule has 1 unspecified atom stereocenters. The summed E-state index contributed by atoms with van der Waals surface area (Å²) in [7, 11) is 1.72. The second-order valence-corrected chi connectivity index (χ2v) is 7.81. The molecule has 2 aromatic heterocycles. The third kappa shape index (κ3) is 4.11. The molecule has 5 nitrogen and oxygen atoms in total. The number of hydrogen-bond donors (Lipinski definition) is 3. The Balaban J connectivity index is 1.54. The second-order valence-electron chi connectivity index (χ2n) is 5.37. The quantitative estimate of drug-likeness (QED) is 0.483. The molecule has 24 heavy (non-hydrogen) atoms. The van der Waals surface area contributed by atoms with E-state index < -0.39 is 6.10 Å². The predicted molar refractivity (Wildman–Crippen MR) is 102 cm³/mol. The van der Waals surface area contributed by atoms with Crippen LogP contribution in [0.5, 0.6) is 0 Å². The maximum Gasteiger partial charge on any atom is 0.191 e. The number of guanidine groups is 1. The highest BCUT2D eigenvalue weighted by Crippen LogP contribution is 2.29. The maximum absolute atomic E-state index is 10.4. The lowest BCUT2D eigenvalue weighted by atomic mass is 10.2. The van der Waals surface area contributed by atoms with Crippen LogP contribution in [0.2, 0.25) is 0 Å². The fourth-order valence-corrected chi connectivity index (χ4v) is 4.10. The van der Waals surface area contributed by atoms with E-state index in [0.29, 0.717) is 19.0 Å². The Morgan fingerprint density at radius 2 is 2.12 bits per heavy atom. The van der Waals surface area contributed by atoms with E-state index in [-0.39, 0.29) is 0 Å². The van der Waals surface area contributed by atoms with Gasteiger partial charge >= 0.3 is 0 Å². The molecule has 0 amide bonds. The maximum atomic E-state index is 10.4. The van der Waals surface area contributed by atoms with Crippen molar-refractivity contribution in [2.75, 3.05) is 13.6 Å². The number of benzene rings is 1. The van der Waals surface area contributed by atoms with Crippen LogP contribution in [0.4, 0.5) is 0 Å². The van der Waals surface area contributed by atoms with Gasteiger partial charge in [0.15, 0.2) is 5.96 Å². The highest BCUT2D eigenvalue weighted by atomic mass is 32.1. The number of rotatable bonds is 5. The van der Waals surface area contributed by atoms with Crippen molar-refractivity contribution in [3.05, 3.63) is 51.3 Å². The number of nitrogens with one attached hydrogen (secondary N) is 2. The molecular weight excluding hydrogens is 340 g/mol. The van der Waals surface area contributed by atoms with Crippen LogP contribution in [0.15, 0.2) is 41.5 Å². The molecule has 1 atom stereocenters. The van der Waals surface area contributed by atoms with E-state index in [0.717, 1.165) is 15.3 Å². The molecule has 7 heteroatoms. The van der Waals surface area contributed by atoms with Crippen LogP contribution in [-0.2, 0) is 6.54 Å². The minimum atomic E-state index is -0.567. The summed E-state index contributed by atoms with van der Waals surface area (Å²) in [4.78, 5) is 10.6. The molecule has 0 aliphatic carbocycles. The van der Waals surface area contributed by atoms with E-state index in [1.807, 2.05) is 31.3 Å². The van der Waals surface area contributed by atoms with E-state index in [2.05, 4.69) is 32.7 Å². The van der Waals surface area contributed by atoms with Gasteiger partial charge in [-0.1, -0.05) is 18.2 Å². The summed E-state index contributed by atoms with van der Waals surface area (Å²) in [5.74, 6) is 0.656. The Bertz CT molecular complexity index is 807. The summed E-state index contributed by atoms with van der Waals surface area (Å²) < 4.78 is 1.19. The average Bonchev–Trinajstić information content (AvgIpc) is 3.20. The largest absolute Gasteiger partial charge is 0.386 e. The SMILES string of the molecule is CN=C(NCc1ncc(C)s1)NCC(O)c1cc2ccccc2s1. The molecule has 0 spiro atoms. The number of nitrogens with zero attached hydrogens (tertiary/aromatic N) is 2. The lowest BCUT2D eigenvalue weighted by Gasteiger charge is -2.14. The molecular formula is C17H20N4OS2. The fourth-order valence-electron chi connectivity index (χ4n) is 2.32. The van der Waals surface area contributed by atoms with Gasteiger partial charge in [-0.05, 0) is 24.4 Å². The summed E-state index contributed by atoms with van der Waals surface area (Å²) in [6.45, 7) is 3.07. The normalized spacial score (nSPS) is 13.2. The van der Waals surface area contributed by atoms with Gasteiger partial charge in [0.1, 0.15) is 11.1 Å². The topological polar surface area (TPSA) is 69.5 Å². The summed E-state index contributed by atoms with van der Waals surface area (Å²) in [5, 5.41) is 19.0. The molecule has 0 aliphatic heterocycles. The molecule has 3 rings (SSSR count). The van der Waals surface area contributed by atoms with Crippen LogP contribution in [0.3, 0.4) is 0 Å². The number of aliphatic imine (C=N–C) groups is 1. The zero-order valence-electron chi connectivity index (χ0n) is 13.6. The molecule has 0 saturated carbocycles. The Morgan fingerprint density at radius 1 is 1.29 bits per heavy atom. The van der Waals surface area contributed by atoms with E-state index in [1.54, 1.807) is 29.7 Å². The zero-order chi connectivity index (χ0) is 16.9. The van der Waals surface area contributed by atoms with Crippen molar-refractivity contribution in [2.24, 2.45) is 4.99 Å². The molecule has 3 aromatic rings. The molecule has 0 radical (unpaired) electrons. The third-order valence-corrected chi connectivity index (χ3v) is 5.67. The van der Waals surface area contributed by atoms with Crippen molar-refractivity contribution in [2.45, 2.75) is 19.6 Å². The van der Waals surface area contributed by atoms with Gasteiger partial charge in [-0.3, -0.25) is 4.99 Å². The van der Waals surface area contributed by atoms with Crippen LogP contribution < -0.4 is 10.6 Å². The van der Waals surface area contributed by atoms with Crippen LogP contribution in [0.25, 0.3) is 10.1 Å². The van der Waals surface area contributed by atoms with Crippen molar-refractivity contribution in [3.8, 4) is 0 Å². The van der Waals surface area contributed by atoms with Crippen molar-refractivity contribution in [1.29, 1.82) is 0 Å². The van der Waals surface area contributed by atoms with E-state index in [4.69, 9.17) is 0 Å². The van der Waals surface area contributed by atoms with Gasteiger partial charge in [-0.15, -0.1) is 22.7 Å². The van der Waals surface area contributed by atoms with Gasteiger partial charge in [0.25, 0.3) is 0 Å². The summed E-state index contributed by atoms with van der Waals surface area (Å²) in [6, 6.07) is 10.2. The molecule has 2 heterocycles. The summed E-state index contributed by atoms with van der Waals surface area (Å²) >= 11 is 3.28. The predicted octanol–water partition coefficient (Wildman–Crippen LogP) is 3.06. The molecule has 0 saturated heterocycles. The zero-order valence-corrected chi connectivity index (χ0v) is 15.2. The van der Waals surface area contributed by atoms with Crippen molar-refractivity contribution in [3.63, 3.8) is 0 Å². The summed E-state index contributed by atoms with van der Waals surface area (Å²) in [6.07, 6.45) is 1.30. The van der Waals surface area contributed by atoms with Gasteiger partial charge in [-0.2, -0.15) is 0 Å². The molecule has 126 valence electrons. The van der Waals surface area contributed by atoms with Crippen LogP contribution in [0.1, 0.15) is 20.9 Å². The first-order valence-electron chi connectivity index (χ1n) is 7.68. The van der Waals surface area contributed by atoms with Crippen molar-refractivity contribution >= 4 is 38.7 Å². The highest BCUT2D eigenvalue weighted by molar-refractivity contribution is 7.19. The Labute approximate surface area is 149 Å². The Morgan fingerprint density at radius 3 is 2.83 bits per heavy atom. The number of aliphatic hydroxyl groups is 1. The van der Waals surface area contributed by atoms with E-state index >= 15 is 0 Å². The summed E-state index contributed by atoms with van der Waals surface area (Å²) in [5.41, 5.74) is 0. The number of thiophene rings is 1. The van der Waals surface area contributed by atoms with E-state index in [1.165, 1.54) is 9.58 Å². The van der Waals surface area contributed by atoms with Crippen molar-refractivity contribution in [1.82, 2.24) is 15.6 Å². The lowest BCUT2D eigenvalue weighted by Crippen LogP contribution is -2.38. The number of aliphatic hydroxyl groups excluding tert-OH is 1. The molecule has 1 aromatic carbocycles. The smallest absolute Gasteiger partial charge is 0.191 e. The first-order chi connectivity index (χ1) is 11.7. The van der Waals surface area contributed by atoms with Gasteiger partial charge in [0.05, 0.1) is 6.54 Å². The van der Waals surface area contributed by atoms with Crippen LogP contribution in [-0.4, -0.2) is 29.6 Å². The highest BCUT2D eigenvalue weighted by Gasteiger charge is 2.12. The lowest BCUT2D eigenvalue weighted by molar-refractivity contribution is 0.184. The number of aryl methyl sites for hydroxylation is 1. The van der Waals surface area contributed by atoms with Gasteiger partial charge in [0, 0.05) is 34.2 Å². The monoisotopic (exact) mass is 360 g/mol. The average molecular weight is 361 g/mol. The molecule has 3 N–H and O–H groups in total. The Hall–Kier alpha value is -1.96. The fraction of sp³-hybridized carbons (Fsp3) is 0.294. The molecule has 0 fully saturated rings. The number of fused-ring (bicyclic) bond motifs is 1. The second kappa shape index (κ2) is 7.74. The van der Waals surface area contributed by atoms with Crippen molar-refractivity contribution < 1.29 is 5.11 Å². The van der Waals surface area contributed by atoms with Crippen LogP contribution >= 0.6 is 22.7 Å². The van der Waals surface area contributed by atoms with Gasteiger partial charge in [-0.25, -0.2) is 4.98 Å². The number of thiazole rings is 1. The minimum absolute atomic E-state index is 0.406. The first-order valence-corrected chi connectivity index (χ1v) is 9.31. The molecule has 0 bridgehead atoms. The first kappa shape index (κ1) is 16.9. The Kier molecular flexibility index (Phi) is 5.44. The van der Waals surface area contributed by atoms with E-state index in [9.17, 15) is 5.11 Å². The van der Waals surface area contributed by atoms with Gasteiger partial charge in [0.2, 0.25) is 0 Å². The standard InChI is InChI=1S/C17H20N4OS2/c1-11-8-19-16(23-11)10-21-17(18-2)20-9-13(22)15-7-12-5-3-4-6-14(12)24-15/h3-8,13,22H,9-10H2,1-2H3,(H2,18,20,21). The van der Waals surface area contributed by atoms with Crippen LogP contribution in [0, 0.1) is 6.92 Å². The van der Waals surface area contributed by atoms with Gasteiger partial charge < -0.3 is 15.7 Å². The number of hydrogen-bond acceptors (Lipinski definition) is 5. The third-order valence-electron chi connectivity index (χ3n) is 3.54. The number of aromatic nitrogens is 1. The minimum Gasteiger partial charge on any atom is -0.386 e. The molecule has 0 aliphatic rings.